The molecule has 0 amide bonds. The fourth-order valence-corrected chi connectivity index (χ4v) is 3.63. The molecule has 0 aliphatic heterocycles. The van der Waals surface area contributed by atoms with E-state index in [1.54, 1.807) is 0 Å². The smallest absolute Gasteiger partial charge is 0.0991 e. The normalized spacial score (nSPS) is 14.3. The fraction of sp³-hybridized carbons (Fsp3) is 0.125. The number of rotatable bonds is 1. The topological polar surface area (TPSA) is 23.8 Å². The van der Waals surface area contributed by atoms with Gasteiger partial charge in [0.2, 0.25) is 0 Å². The van der Waals surface area contributed by atoms with Gasteiger partial charge in [0.1, 0.15) is 0 Å². The third-order valence-electron chi connectivity index (χ3n) is 4.85. The fourth-order valence-electron chi connectivity index (χ4n) is 3.63. The number of fused-ring (bicyclic) bond motifs is 2. The average molecular weight is 321 g/mol. The summed E-state index contributed by atoms with van der Waals surface area (Å²) in [5.74, 6) is 0. The summed E-state index contributed by atoms with van der Waals surface area (Å²) < 4.78 is 0. The molecule has 1 aliphatic carbocycles. The molecule has 0 atom stereocenters. The maximum Gasteiger partial charge on any atom is 0.0991 e. The van der Waals surface area contributed by atoms with Crippen molar-refractivity contribution in [2.24, 2.45) is 0 Å². The van der Waals surface area contributed by atoms with Crippen LogP contribution in [-0.2, 0) is 12.8 Å². The van der Waals surface area contributed by atoms with E-state index in [-0.39, 0.29) is 0 Å². The van der Waals surface area contributed by atoms with Crippen molar-refractivity contribution >= 4 is 11.6 Å². The summed E-state index contributed by atoms with van der Waals surface area (Å²) >= 11 is 0. The quantitative estimate of drug-likeness (QED) is 0.576. The largest absolute Gasteiger partial charge is 0.192 e. The molecule has 0 N–H and O–H groups in total. The van der Waals surface area contributed by atoms with Crippen molar-refractivity contribution in [3.8, 4) is 6.07 Å². The van der Waals surface area contributed by atoms with E-state index < -0.39 is 0 Å². The molecule has 120 valence electrons. The van der Waals surface area contributed by atoms with Crippen LogP contribution >= 0.6 is 0 Å². The maximum atomic E-state index is 9.25. The van der Waals surface area contributed by atoms with Crippen LogP contribution in [0.1, 0.15) is 38.9 Å². The van der Waals surface area contributed by atoms with Gasteiger partial charge in [-0.25, -0.2) is 0 Å². The second kappa shape index (κ2) is 6.42. The Morgan fingerprint density at radius 2 is 1.64 bits per heavy atom. The van der Waals surface area contributed by atoms with E-state index in [1.807, 2.05) is 12.1 Å². The predicted molar refractivity (Wildman–Crippen MR) is 103 cm³/mol. The zero-order valence-electron chi connectivity index (χ0n) is 14.3. The van der Waals surface area contributed by atoms with E-state index in [0.717, 1.165) is 18.4 Å². The molecule has 1 heteroatoms. The van der Waals surface area contributed by atoms with Gasteiger partial charge in [-0.2, -0.15) is 5.26 Å². The number of benzene rings is 3. The summed E-state index contributed by atoms with van der Waals surface area (Å²) in [6.07, 6.45) is 4.25. The Morgan fingerprint density at radius 1 is 0.840 bits per heavy atom. The first-order valence-electron chi connectivity index (χ1n) is 8.64. The summed E-state index contributed by atoms with van der Waals surface area (Å²) in [5, 5.41) is 9.25. The maximum absolute atomic E-state index is 9.25. The van der Waals surface area contributed by atoms with Gasteiger partial charge in [-0.1, -0.05) is 60.2 Å². The van der Waals surface area contributed by atoms with Crippen molar-refractivity contribution in [3.63, 3.8) is 0 Å². The van der Waals surface area contributed by atoms with Crippen LogP contribution in [0.5, 0.6) is 0 Å². The van der Waals surface area contributed by atoms with E-state index in [4.69, 9.17) is 0 Å². The number of nitrogens with zero attached hydrogens (tertiary/aromatic N) is 1. The van der Waals surface area contributed by atoms with E-state index >= 15 is 0 Å². The van der Waals surface area contributed by atoms with E-state index in [0.29, 0.717) is 0 Å². The van der Waals surface area contributed by atoms with Crippen LogP contribution in [0.15, 0.2) is 66.7 Å². The molecule has 0 unspecified atom stereocenters. The van der Waals surface area contributed by atoms with Crippen LogP contribution < -0.4 is 0 Å². The lowest BCUT2D eigenvalue weighted by Crippen LogP contribution is -1.93. The summed E-state index contributed by atoms with van der Waals surface area (Å²) in [6.45, 7) is 2.12. The van der Waals surface area contributed by atoms with Crippen LogP contribution in [0, 0.1) is 18.3 Å². The lowest BCUT2D eigenvalue weighted by molar-refractivity contribution is 0.964. The molecule has 4 rings (SSSR count). The zero-order chi connectivity index (χ0) is 17.2. The Kier molecular flexibility index (Phi) is 3.96. The van der Waals surface area contributed by atoms with Crippen LogP contribution in [0.2, 0.25) is 0 Å². The number of aryl methyl sites for hydroxylation is 3. The highest BCUT2D eigenvalue weighted by atomic mass is 14.3. The molecule has 0 aromatic heterocycles. The molecule has 0 bridgehead atoms. The molecule has 3 aromatic rings. The first kappa shape index (κ1) is 15.4. The lowest BCUT2D eigenvalue weighted by atomic mass is 9.91. The van der Waals surface area contributed by atoms with Gasteiger partial charge in [-0.3, -0.25) is 0 Å². The Labute approximate surface area is 148 Å². The van der Waals surface area contributed by atoms with Gasteiger partial charge in [0.15, 0.2) is 0 Å². The van der Waals surface area contributed by atoms with Gasteiger partial charge in [-0.15, -0.1) is 0 Å². The molecular formula is C24H19N. The molecule has 0 heterocycles. The number of hydrogen-bond donors (Lipinski definition) is 0. The molecule has 0 saturated carbocycles. The monoisotopic (exact) mass is 321 g/mol. The Balaban J connectivity index is 1.97. The van der Waals surface area contributed by atoms with E-state index in [9.17, 15) is 5.26 Å². The van der Waals surface area contributed by atoms with Gasteiger partial charge >= 0.3 is 0 Å². The second-order valence-electron chi connectivity index (χ2n) is 6.61. The minimum absolute atomic E-state index is 0.736. The van der Waals surface area contributed by atoms with Crippen molar-refractivity contribution in [2.75, 3.05) is 0 Å². The molecule has 0 spiro atoms. The molecule has 1 nitrogen and oxygen atoms in total. The molecule has 1 aliphatic rings. The zero-order valence-corrected chi connectivity index (χ0v) is 14.3. The summed E-state index contributed by atoms with van der Waals surface area (Å²) in [4.78, 5) is 0. The van der Waals surface area contributed by atoms with Crippen LogP contribution in [0.4, 0.5) is 0 Å². The highest BCUT2D eigenvalue weighted by molar-refractivity contribution is 5.94. The third kappa shape index (κ3) is 2.99. The minimum atomic E-state index is 0.736. The van der Waals surface area contributed by atoms with E-state index in [2.05, 4.69) is 73.7 Å². The van der Waals surface area contributed by atoms with Crippen molar-refractivity contribution in [2.45, 2.75) is 19.8 Å². The highest BCUT2D eigenvalue weighted by Gasteiger charge is 2.18. The molecule has 0 saturated heterocycles. The van der Waals surface area contributed by atoms with Crippen LogP contribution in [-0.4, -0.2) is 0 Å². The third-order valence-corrected chi connectivity index (χ3v) is 4.85. The Bertz CT molecular complexity index is 1020. The van der Waals surface area contributed by atoms with Crippen molar-refractivity contribution in [3.05, 3.63) is 106 Å². The molecule has 0 radical (unpaired) electrons. The Morgan fingerprint density at radius 3 is 2.48 bits per heavy atom. The highest BCUT2D eigenvalue weighted by Crippen LogP contribution is 2.35. The van der Waals surface area contributed by atoms with Crippen molar-refractivity contribution < 1.29 is 0 Å². The van der Waals surface area contributed by atoms with Gasteiger partial charge in [0.25, 0.3) is 0 Å². The summed E-state index contributed by atoms with van der Waals surface area (Å²) in [5.41, 5.74) is 9.62. The van der Waals surface area contributed by atoms with Gasteiger partial charge in [-0.05, 0) is 71.4 Å². The lowest BCUT2D eigenvalue weighted by Gasteiger charge is -2.12. The number of hydrogen-bond acceptors (Lipinski definition) is 1. The van der Waals surface area contributed by atoms with E-state index in [1.165, 1.54) is 39.0 Å². The van der Waals surface area contributed by atoms with Crippen LogP contribution in [0.3, 0.4) is 0 Å². The molecule has 3 aromatic carbocycles. The summed E-state index contributed by atoms with van der Waals surface area (Å²) in [6, 6.07) is 25.6. The number of nitriles is 1. The molecular weight excluding hydrogens is 302 g/mol. The SMILES string of the molecule is Cc1cccc(C=C2c3ccccc3CCc3cc(C#N)ccc32)c1. The summed E-state index contributed by atoms with van der Waals surface area (Å²) in [7, 11) is 0. The van der Waals surface area contributed by atoms with Crippen molar-refractivity contribution in [1.29, 1.82) is 5.26 Å². The molecule has 25 heavy (non-hydrogen) atoms. The first-order valence-corrected chi connectivity index (χ1v) is 8.64. The Hall–Kier alpha value is -3.11. The first-order chi connectivity index (χ1) is 12.2. The van der Waals surface area contributed by atoms with Gasteiger partial charge < -0.3 is 0 Å². The van der Waals surface area contributed by atoms with Crippen LogP contribution in [0.25, 0.3) is 11.6 Å². The standard InChI is InChI=1S/C24H19N/c1-17-5-4-6-18(13-17)15-24-22-8-3-2-7-20(22)10-11-21-14-19(16-25)9-12-23(21)24/h2-9,12-15H,10-11H2,1H3. The average Bonchev–Trinajstić information content (AvgIpc) is 2.79. The van der Waals surface area contributed by atoms with Crippen molar-refractivity contribution in [1.82, 2.24) is 0 Å². The minimum Gasteiger partial charge on any atom is -0.192 e. The van der Waals surface area contributed by atoms with Gasteiger partial charge in [0, 0.05) is 0 Å². The van der Waals surface area contributed by atoms with Gasteiger partial charge in [0.05, 0.1) is 11.6 Å². The molecule has 0 fully saturated rings. The predicted octanol–water partition coefficient (Wildman–Crippen LogP) is 5.55. The second-order valence-corrected chi connectivity index (χ2v) is 6.61.